The lowest BCUT2D eigenvalue weighted by Crippen LogP contribution is -2.70. The predicted molar refractivity (Wildman–Crippen MR) is 119 cm³/mol. The lowest BCUT2D eigenvalue weighted by Gasteiger charge is -2.49. The summed E-state index contributed by atoms with van der Waals surface area (Å²) in [5.41, 5.74) is 1.36. The summed E-state index contributed by atoms with van der Waals surface area (Å²) in [6.07, 6.45) is 1.86. The number of aryl methyl sites for hydroxylation is 1. The van der Waals surface area contributed by atoms with Crippen molar-refractivity contribution in [3.05, 3.63) is 63.7 Å². The van der Waals surface area contributed by atoms with Gasteiger partial charge in [-0.05, 0) is 29.5 Å². The van der Waals surface area contributed by atoms with E-state index in [0.717, 1.165) is 14.9 Å². The largest absolute Gasteiger partial charge is 0.477 e. The first-order chi connectivity index (χ1) is 14.9. The number of carbonyl (C=O) groups excluding carboxylic acids is 2. The summed E-state index contributed by atoms with van der Waals surface area (Å²) in [5.74, 6) is -1.41. The predicted octanol–water partition coefficient (Wildman–Crippen LogP) is 2.43. The van der Waals surface area contributed by atoms with Gasteiger partial charge in [-0.2, -0.15) is 0 Å². The third-order valence-corrected chi connectivity index (χ3v) is 7.70. The van der Waals surface area contributed by atoms with Gasteiger partial charge in [0.25, 0.3) is 5.91 Å². The number of hydrogen-bond acceptors (Lipinski definition) is 8. The lowest BCUT2D eigenvalue weighted by atomic mass is 10.0. The van der Waals surface area contributed by atoms with Gasteiger partial charge in [0.05, 0.1) is 6.42 Å². The molecule has 0 saturated carbocycles. The number of benzene rings is 1. The smallest absolute Gasteiger partial charge is 0.352 e. The number of carboxylic acids is 1. The van der Waals surface area contributed by atoms with E-state index in [0.29, 0.717) is 11.3 Å². The summed E-state index contributed by atoms with van der Waals surface area (Å²) in [4.78, 5) is 38.2. The van der Waals surface area contributed by atoms with Gasteiger partial charge in [-0.1, -0.05) is 53.4 Å². The molecule has 11 heteroatoms. The molecule has 31 heavy (non-hydrogen) atoms. The lowest BCUT2D eigenvalue weighted by molar-refractivity contribution is -0.150. The molecule has 2 N–H and O–H groups in total. The van der Waals surface area contributed by atoms with Crippen LogP contribution in [-0.2, 0) is 20.8 Å². The van der Waals surface area contributed by atoms with Crippen LogP contribution in [0, 0.1) is 6.92 Å². The Bertz CT molecular complexity index is 1080. The molecule has 1 fully saturated rings. The molecular formula is C20H18N4O4S3. The van der Waals surface area contributed by atoms with E-state index in [1.165, 1.54) is 39.8 Å². The number of amides is 2. The molecule has 0 spiro atoms. The first-order valence-corrected chi connectivity index (χ1v) is 12.1. The molecule has 1 aromatic carbocycles. The Morgan fingerprint density at radius 1 is 1.32 bits per heavy atom. The monoisotopic (exact) mass is 474 g/mol. The van der Waals surface area contributed by atoms with Crippen LogP contribution >= 0.6 is 34.9 Å². The number of nitrogens with zero attached hydrogens (tertiary/aromatic N) is 3. The van der Waals surface area contributed by atoms with Crippen LogP contribution in [0.1, 0.15) is 10.6 Å². The summed E-state index contributed by atoms with van der Waals surface area (Å²) in [5, 5.41) is 22.6. The van der Waals surface area contributed by atoms with Crippen molar-refractivity contribution in [2.45, 2.75) is 29.1 Å². The minimum absolute atomic E-state index is 0.0346. The number of aromatic nitrogens is 2. The van der Waals surface area contributed by atoms with Crippen LogP contribution in [0.3, 0.4) is 0 Å². The molecule has 160 valence electrons. The van der Waals surface area contributed by atoms with E-state index in [9.17, 15) is 19.5 Å². The normalized spacial score (nSPS) is 20.5. The fourth-order valence-corrected chi connectivity index (χ4v) is 6.17. The van der Waals surface area contributed by atoms with Gasteiger partial charge in [0.15, 0.2) is 4.34 Å². The van der Waals surface area contributed by atoms with E-state index in [4.69, 9.17) is 0 Å². The van der Waals surface area contributed by atoms with Crippen molar-refractivity contribution >= 4 is 52.6 Å². The molecule has 2 aliphatic heterocycles. The van der Waals surface area contributed by atoms with Gasteiger partial charge in [-0.15, -0.1) is 22.0 Å². The highest BCUT2D eigenvalue weighted by Crippen LogP contribution is 2.41. The second kappa shape index (κ2) is 9.25. The van der Waals surface area contributed by atoms with E-state index >= 15 is 0 Å². The van der Waals surface area contributed by atoms with Crippen molar-refractivity contribution in [1.29, 1.82) is 0 Å². The molecule has 2 aliphatic rings. The standard InChI is InChI=1S/C20H18N4O4S3/c1-11-22-23-20(31-11)29-8-7-13-10-30-18-15(17(26)24(18)16(13)19(27)28)21-14(25)9-12-5-3-2-4-6-12/h2-8,15,18H,9-10H2,1H3,(H,21,25)(H,27,28)/b8-7+/t15-,18-/m1/s1. The maximum atomic E-state index is 12.7. The van der Waals surface area contributed by atoms with Crippen LogP contribution in [0.25, 0.3) is 0 Å². The zero-order valence-corrected chi connectivity index (χ0v) is 18.8. The van der Waals surface area contributed by atoms with Crippen molar-refractivity contribution in [2.24, 2.45) is 0 Å². The van der Waals surface area contributed by atoms with Crippen LogP contribution in [0.4, 0.5) is 0 Å². The van der Waals surface area contributed by atoms with Crippen LogP contribution in [-0.4, -0.2) is 55.2 Å². The molecule has 2 amide bonds. The molecule has 0 unspecified atom stereocenters. The summed E-state index contributed by atoms with van der Waals surface area (Å²) in [6.45, 7) is 1.86. The van der Waals surface area contributed by atoms with Gasteiger partial charge in [-0.3, -0.25) is 14.5 Å². The number of allylic oxidation sites excluding steroid dienone is 1. The van der Waals surface area contributed by atoms with E-state index < -0.39 is 23.3 Å². The van der Waals surface area contributed by atoms with Crippen molar-refractivity contribution in [2.75, 3.05) is 5.75 Å². The van der Waals surface area contributed by atoms with Crippen LogP contribution in [0.15, 0.2) is 57.4 Å². The first-order valence-electron chi connectivity index (χ1n) is 9.32. The number of carboxylic acid groups (broad SMARTS) is 1. The van der Waals surface area contributed by atoms with Crippen molar-refractivity contribution in [1.82, 2.24) is 20.4 Å². The maximum Gasteiger partial charge on any atom is 0.352 e. The number of β-lactam (4-membered cyclic amide) rings is 1. The highest BCUT2D eigenvalue weighted by Gasteiger charge is 2.53. The minimum Gasteiger partial charge on any atom is -0.477 e. The highest BCUT2D eigenvalue weighted by molar-refractivity contribution is 8.03. The quantitative estimate of drug-likeness (QED) is 0.465. The Balaban J connectivity index is 1.43. The second-order valence-electron chi connectivity index (χ2n) is 6.80. The number of nitrogens with one attached hydrogen (secondary N) is 1. The molecule has 1 aromatic heterocycles. The molecule has 4 rings (SSSR count). The van der Waals surface area contributed by atoms with Gasteiger partial charge >= 0.3 is 5.97 Å². The van der Waals surface area contributed by atoms with Gasteiger partial charge in [0, 0.05) is 5.75 Å². The Labute approximate surface area is 190 Å². The maximum absolute atomic E-state index is 12.7. The molecule has 0 aliphatic carbocycles. The molecule has 0 radical (unpaired) electrons. The Morgan fingerprint density at radius 3 is 2.77 bits per heavy atom. The summed E-state index contributed by atoms with van der Waals surface area (Å²) < 4.78 is 0.758. The zero-order chi connectivity index (χ0) is 22.0. The molecule has 2 aromatic rings. The Kier molecular flexibility index (Phi) is 6.44. The zero-order valence-electron chi connectivity index (χ0n) is 16.3. The van der Waals surface area contributed by atoms with Gasteiger partial charge in [0.2, 0.25) is 5.91 Å². The summed E-state index contributed by atoms with van der Waals surface area (Å²) in [6, 6.07) is 8.52. The van der Waals surface area contributed by atoms with E-state index in [2.05, 4.69) is 15.5 Å². The van der Waals surface area contributed by atoms with Gasteiger partial charge < -0.3 is 10.4 Å². The summed E-state index contributed by atoms with van der Waals surface area (Å²) >= 11 is 4.23. The third kappa shape index (κ3) is 4.68. The number of carbonyl (C=O) groups is 3. The van der Waals surface area contributed by atoms with Gasteiger partial charge in [-0.25, -0.2) is 4.79 Å². The SMILES string of the molecule is Cc1nnc(S/C=C/C2=C(C(=O)O)N3C(=O)[C@@H](NC(=O)Cc4ccccc4)[C@H]3SC2)s1. The molecule has 1 saturated heterocycles. The van der Waals surface area contributed by atoms with Crippen molar-refractivity contribution < 1.29 is 19.5 Å². The van der Waals surface area contributed by atoms with Crippen LogP contribution in [0.2, 0.25) is 0 Å². The van der Waals surface area contributed by atoms with Gasteiger partial charge in [0.1, 0.15) is 22.1 Å². The van der Waals surface area contributed by atoms with E-state index in [1.54, 1.807) is 11.5 Å². The third-order valence-electron chi connectivity index (χ3n) is 4.67. The fourth-order valence-electron chi connectivity index (χ4n) is 3.28. The number of rotatable bonds is 7. The first kappa shape index (κ1) is 21.6. The molecule has 8 nitrogen and oxygen atoms in total. The van der Waals surface area contributed by atoms with Crippen LogP contribution in [0.5, 0.6) is 0 Å². The molecule has 3 heterocycles. The van der Waals surface area contributed by atoms with E-state index in [-0.39, 0.29) is 18.0 Å². The number of thioether (sulfide) groups is 2. The highest BCUT2D eigenvalue weighted by atomic mass is 32.2. The Morgan fingerprint density at radius 2 is 2.10 bits per heavy atom. The molecule has 0 bridgehead atoms. The minimum atomic E-state index is -1.16. The van der Waals surface area contributed by atoms with Crippen molar-refractivity contribution in [3.8, 4) is 0 Å². The second-order valence-corrected chi connectivity index (χ2v) is 10.2. The average Bonchev–Trinajstić information content (AvgIpc) is 3.17. The number of hydrogen-bond donors (Lipinski definition) is 2. The van der Waals surface area contributed by atoms with Crippen LogP contribution < -0.4 is 5.32 Å². The average molecular weight is 475 g/mol. The molecule has 2 atom stereocenters. The molecular weight excluding hydrogens is 456 g/mol. The summed E-state index contributed by atoms with van der Waals surface area (Å²) in [7, 11) is 0. The van der Waals surface area contributed by atoms with E-state index in [1.807, 2.05) is 37.3 Å². The number of aliphatic carboxylic acids is 1. The topological polar surface area (TPSA) is 112 Å². The fraction of sp³-hybridized carbons (Fsp3) is 0.250. The van der Waals surface area contributed by atoms with Crippen molar-refractivity contribution in [3.63, 3.8) is 0 Å². The Hall–Kier alpha value is -2.63. The number of fused-ring (bicyclic) bond motifs is 1.